The summed E-state index contributed by atoms with van der Waals surface area (Å²) in [4.78, 5) is 0. The molecule has 124 valence electrons. The topological polar surface area (TPSA) is 42.9 Å². The molecule has 4 rings (SSSR count). The van der Waals surface area contributed by atoms with Crippen LogP contribution in [0.1, 0.15) is 19.4 Å². The maximum Gasteiger partial charge on any atom is 0.171 e. The van der Waals surface area contributed by atoms with E-state index in [1.165, 1.54) is 0 Å². The lowest BCUT2D eigenvalue weighted by Crippen LogP contribution is -2.54. The Bertz CT molecular complexity index is 711. The first-order valence-electron chi connectivity index (χ1n) is 8.19. The SMILES string of the molecule is CC1NC(N2NC(c3ccccc3)=NN2c2ccccc2)SC1C. The molecule has 1 fully saturated rings. The van der Waals surface area contributed by atoms with Crippen LogP contribution in [-0.4, -0.2) is 27.7 Å². The third kappa shape index (κ3) is 2.88. The highest BCUT2D eigenvalue weighted by Crippen LogP contribution is 2.32. The fourth-order valence-corrected chi connectivity index (χ4v) is 4.06. The molecule has 2 aromatic rings. The number of hydrogen-bond acceptors (Lipinski definition) is 6. The minimum Gasteiger partial charge on any atom is -0.287 e. The Kier molecular flexibility index (Phi) is 4.18. The van der Waals surface area contributed by atoms with Crippen molar-refractivity contribution in [1.82, 2.24) is 15.9 Å². The maximum atomic E-state index is 4.82. The Morgan fingerprint density at radius 1 is 0.958 bits per heavy atom. The van der Waals surface area contributed by atoms with Gasteiger partial charge in [-0.2, -0.15) is 5.12 Å². The van der Waals surface area contributed by atoms with Gasteiger partial charge >= 0.3 is 0 Å². The van der Waals surface area contributed by atoms with E-state index < -0.39 is 0 Å². The van der Waals surface area contributed by atoms with Crippen LogP contribution in [0, 0.1) is 0 Å². The highest BCUT2D eigenvalue weighted by atomic mass is 32.2. The van der Waals surface area contributed by atoms with Crippen molar-refractivity contribution in [2.75, 3.05) is 5.12 Å². The van der Waals surface area contributed by atoms with Crippen molar-refractivity contribution in [1.29, 1.82) is 0 Å². The number of hydrazine groups is 2. The summed E-state index contributed by atoms with van der Waals surface area (Å²) in [5.41, 5.74) is 5.70. The zero-order chi connectivity index (χ0) is 16.5. The molecule has 24 heavy (non-hydrogen) atoms. The summed E-state index contributed by atoms with van der Waals surface area (Å²) in [6.07, 6.45) is 0. The molecule has 2 aliphatic rings. The Balaban J connectivity index is 1.66. The highest BCUT2D eigenvalue weighted by Gasteiger charge is 2.38. The number of hydrazone groups is 1. The molecule has 0 saturated carbocycles. The Labute approximate surface area is 146 Å². The van der Waals surface area contributed by atoms with Gasteiger partial charge in [0.05, 0.1) is 5.69 Å². The predicted molar refractivity (Wildman–Crippen MR) is 100 cm³/mol. The molecule has 1 saturated heterocycles. The van der Waals surface area contributed by atoms with Crippen LogP contribution in [0.2, 0.25) is 0 Å². The second-order valence-electron chi connectivity index (χ2n) is 6.04. The third-order valence-corrected chi connectivity index (χ3v) is 5.76. The van der Waals surface area contributed by atoms with Crippen LogP contribution >= 0.6 is 11.8 Å². The van der Waals surface area contributed by atoms with Gasteiger partial charge in [0.1, 0.15) is 5.50 Å². The van der Waals surface area contributed by atoms with E-state index in [1.807, 2.05) is 53.3 Å². The summed E-state index contributed by atoms with van der Waals surface area (Å²) in [6, 6.07) is 20.9. The molecule has 6 heteroatoms. The highest BCUT2D eigenvalue weighted by molar-refractivity contribution is 8.00. The number of benzene rings is 2. The molecule has 0 spiro atoms. The molecular weight excluding hydrogens is 318 g/mol. The van der Waals surface area contributed by atoms with Gasteiger partial charge in [-0.3, -0.25) is 10.7 Å². The number of nitrogens with one attached hydrogen (secondary N) is 2. The minimum absolute atomic E-state index is 0.125. The second-order valence-corrected chi connectivity index (χ2v) is 7.51. The van der Waals surface area contributed by atoms with Gasteiger partial charge in [-0.25, -0.2) is 0 Å². The first kappa shape index (κ1) is 15.5. The third-order valence-electron chi connectivity index (χ3n) is 4.33. The van der Waals surface area contributed by atoms with Crippen LogP contribution in [0.4, 0.5) is 5.69 Å². The van der Waals surface area contributed by atoms with E-state index in [1.54, 1.807) is 0 Å². The monoisotopic (exact) mass is 339 g/mol. The maximum absolute atomic E-state index is 4.82. The van der Waals surface area contributed by atoms with E-state index in [2.05, 4.69) is 54.0 Å². The zero-order valence-electron chi connectivity index (χ0n) is 13.8. The summed E-state index contributed by atoms with van der Waals surface area (Å²) in [5, 5.41) is 13.0. The van der Waals surface area contributed by atoms with Crippen molar-refractivity contribution < 1.29 is 0 Å². The molecule has 0 aliphatic carbocycles. The molecule has 0 amide bonds. The largest absolute Gasteiger partial charge is 0.287 e. The summed E-state index contributed by atoms with van der Waals surface area (Å²) >= 11 is 1.90. The van der Waals surface area contributed by atoms with Crippen LogP contribution in [0.15, 0.2) is 65.8 Å². The molecule has 0 radical (unpaired) electrons. The van der Waals surface area contributed by atoms with E-state index in [0.717, 1.165) is 17.1 Å². The van der Waals surface area contributed by atoms with Crippen LogP contribution in [-0.2, 0) is 0 Å². The van der Waals surface area contributed by atoms with Crippen molar-refractivity contribution in [2.45, 2.75) is 30.6 Å². The van der Waals surface area contributed by atoms with Crippen LogP contribution in [0.5, 0.6) is 0 Å². The number of hydrogen-bond donors (Lipinski definition) is 2. The number of rotatable bonds is 3. The van der Waals surface area contributed by atoms with E-state index in [0.29, 0.717) is 11.3 Å². The fourth-order valence-electron chi connectivity index (χ4n) is 2.79. The average Bonchev–Trinajstić information content (AvgIpc) is 3.21. The van der Waals surface area contributed by atoms with E-state index in [-0.39, 0.29) is 5.50 Å². The van der Waals surface area contributed by atoms with Gasteiger partial charge < -0.3 is 0 Å². The van der Waals surface area contributed by atoms with Crippen molar-refractivity contribution in [2.24, 2.45) is 5.10 Å². The molecule has 3 unspecified atom stereocenters. The van der Waals surface area contributed by atoms with Crippen LogP contribution in [0.25, 0.3) is 0 Å². The first-order valence-corrected chi connectivity index (χ1v) is 9.13. The molecular formula is C18H21N5S. The average molecular weight is 339 g/mol. The molecule has 5 nitrogen and oxygen atoms in total. The summed E-state index contributed by atoms with van der Waals surface area (Å²) in [7, 11) is 0. The van der Waals surface area contributed by atoms with E-state index in [9.17, 15) is 0 Å². The Morgan fingerprint density at radius 2 is 1.62 bits per heavy atom. The quantitative estimate of drug-likeness (QED) is 0.900. The van der Waals surface area contributed by atoms with E-state index in [4.69, 9.17) is 5.10 Å². The molecule has 0 aromatic heterocycles. The smallest absolute Gasteiger partial charge is 0.171 e. The number of thioether (sulfide) groups is 1. The Morgan fingerprint density at radius 3 is 2.25 bits per heavy atom. The number of para-hydroxylation sites is 1. The van der Waals surface area contributed by atoms with Gasteiger partial charge in [-0.15, -0.1) is 16.9 Å². The molecule has 3 atom stereocenters. The van der Waals surface area contributed by atoms with E-state index >= 15 is 0 Å². The lowest BCUT2D eigenvalue weighted by atomic mass is 10.2. The molecule has 2 heterocycles. The van der Waals surface area contributed by atoms with Crippen molar-refractivity contribution in [3.05, 3.63) is 66.2 Å². The van der Waals surface area contributed by atoms with Gasteiger partial charge in [0, 0.05) is 16.9 Å². The fraction of sp³-hybridized carbons (Fsp3) is 0.278. The summed E-state index contributed by atoms with van der Waals surface area (Å²) in [6.45, 7) is 4.48. The first-order chi connectivity index (χ1) is 11.7. The second kappa shape index (κ2) is 6.47. The summed E-state index contributed by atoms with van der Waals surface area (Å²) in [5.74, 6) is 0.856. The number of nitrogens with zero attached hydrogens (tertiary/aromatic N) is 3. The van der Waals surface area contributed by atoms with Crippen LogP contribution in [0.3, 0.4) is 0 Å². The van der Waals surface area contributed by atoms with Gasteiger partial charge in [-0.05, 0) is 19.1 Å². The van der Waals surface area contributed by atoms with Gasteiger partial charge in [-0.1, -0.05) is 60.6 Å². The molecule has 2 aliphatic heterocycles. The van der Waals surface area contributed by atoms with Gasteiger partial charge in [0.25, 0.3) is 0 Å². The van der Waals surface area contributed by atoms with Crippen molar-refractivity contribution >= 4 is 23.3 Å². The lowest BCUT2D eigenvalue weighted by Gasteiger charge is -2.30. The zero-order valence-corrected chi connectivity index (χ0v) is 14.6. The normalized spacial score (nSPS) is 27.2. The van der Waals surface area contributed by atoms with Gasteiger partial charge in [0.2, 0.25) is 0 Å². The number of anilines is 1. The lowest BCUT2D eigenvalue weighted by molar-refractivity contribution is 0.192. The van der Waals surface area contributed by atoms with Crippen molar-refractivity contribution in [3.8, 4) is 0 Å². The predicted octanol–water partition coefficient (Wildman–Crippen LogP) is 2.99. The van der Waals surface area contributed by atoms with Crippen LogP contribution < -0.4 is 15.9 Å². The van der Waals surface area contributed by atoms with Crippen molar-refractivity contribution in [3.63, 3.8) is 0 Å². The molecule has 0 bridgehead atoms. The standard InChI is InChI=1S/C18H21N5S/c1-13-14(2)24-18(19-13)23-21-17(15-9-5-3-6-10-15)20-22(23)16-11-7-4-8-12-16/h3-14,18-19H,1-2H3,(H,20,21). The summed E-state index contributed by atoms with van der Waals surface area (Å²) < 4.78 is 0. The van der Waals surface area contributed by atoms with Gasteiger partial charge in [0.15, 0.2) is 5.84 Å². The molecule has 2 aromatic carbocycles. The Hall–Kier alpha value is -2.02. The molecule has 2 N–H and O–H groups in total. The number of amidine groups is 1. The minimum atomic E-state index is 0.125.